The fourth-order valence-corrected chi connectivity index (χ4v) is 1.62. The van der Waals surface area contributed by atoms with E-state index in [1.165, 1.54) is 0 Å². The highest BCUT2D eigenvalue weighted by Crippen LogP contribution is 2.34. The molecule has 0 N–H and O–H groups in total. The van der Waals surface area contributed by atoms with Gasteiger partial charge in [0.1, 0.15) is 0 Å². The van der Waals surface area contributed by atoms with Crippen molar-refractivity contribution in [3.8, 4) is 6.07 Å². The average Bonchev–Trinajstić information content (AvgIpc) is 2.00. The van der Waals surface area contributed by atoms with Crippen molar-refractivity contribution >= 4 is 12.6 Å². The maximum Gasteiger partial charge on any atom is 0.0621 e. The molecule has 1 nitrogen and oxygen atoms in total. The van der Waals surface area contributed by atoms with Crippen molar-refractivity contribution in [1.29, 1.82) is 5.26 Å². The molecule has 0 rings (SSSR count). The minimum Gasteiger partial charge on any atom is -0.198 e. The number of hydrogen-bond donors (Lipinski definition) is 1. The highest BCUT2D eigenvalue weighted by Gasteiger charge is 2.21. The smallest absolute Gasteiger partial charge is 0.0621 e. The summed E-state index contributed by atoms with van der Waals surface area (Å²) in [6, 6.07) is 2.18. The molecule has 0 saturated heterocycles. The summed E-state index contributed by atoms with van der Waals surface area (Å²) in [6.45, 7) is 8.11. The molecule has 0 aromatic carbocycles. The predicted molar refractivity (Wildman–Crippen MR) is 56.0 cm³/mol. The number of hydrogen-bond acceptors (Lipinski definition) is 2. The van der Waals surface area contributed by atoms with Crippen LogP contribution in [-0.2, 0) is 0 Å². The molecule has 0 fully saturated rings. The summed E-state index contributed by atoms with van der Waals surface area (Å²) in [4.78, 5) is 0.914. The van der Waals surface area contributed by atoms with Crippen LogP contribution in [0.15, 0.2) is 11.5 Å². The Hall–Kier alpha value is -0.420. The van der Waals surface area contributed by atoms with E-state index in [9.17, 15) is 0 Å². The van der Waals surface area contributed by atoms with E-state index < -0.39 is 0 Å². The standard InChI is InChI=1S/C10H17NS/c1-4-10(3,6-5-7-11)8-9(2)12/h12H,2,4-6,8H2,1,3H3. The Labute approximate surface area is 80.9 Å². The molecular weight excluding hydrogens is 166 g/mol. The monoisotopic (exact) mass is 183 g/mol. The summed E-state index contributed by atoms with van der Waals surface area (Å²) in [7, 11) is 0. The summed E-state index contributed by atoms with van der Waals surface area (Å²) < 4.78 is 0. The van der Waals surface area contributed by atoms with Crippen LogP contribution in [-0.4, -0.2) is 0 Å². The third-order valence-corrected chi connectivity index (χ3v) is 2.48. The zero-order valence-corrected chi connectivity index (χ0v) is 8.82. The Morgan fingerprint density at radius 1 is 1.67 bits per heavy atom. The molecule has 0 radical (unpaired) electrons. The largest absolute Gasteiger partial charge is 0.198 e. The van der Waals surface area contributed by atoms with Gasteiger partial charge in [0, 0.05) is 6.42 Å². The quantitative estimate of drug-likeness (QED) is 0.647. The van der Waals surface area contributed by atoms with E-state index in [1.807, 2.05) is 0 Å². The third-order valence-electron chi connectivity index (χ3n) is 2.32. The van der Waals surface area contributed by atoms with E-state index >= 15 is 0 Å². The number of thiol groups is 1. The Morgan fingerprint density at radius 3 is 2.58 bits per heavy atom. The van der Waals surface area contributed by atoms with Gasteiger partial charge < -0.3 is 0 Å². The van der Waals surface area contributed by atoms with Gasteiger partial charge in [-0.15, -0.1) is 12.6 Å². The van der Waals surface area contributed by atoms with E-state index in [1.54, 1.807) is 0 Å². The maximum atomic E-state index is 8.47. The lowest BCUT2D eigenvalue weighted by molar-refractivity contribution is 0.290. The molecule has 0 aromatic rings. The van der Waals surface area contributed by atoms with Gasteiger partial charge in [0.05, 0.1) is 6.07 Å². The van der Waals surface area contributed by atoms with Gasteiger partial charge in [-0.25, -0.2) is 0 Å². The number of allylic oxidation sites excluding steroid dienone is 1. The molecule has 1 atom stereocenters. The highest BCUT2D eigenvalue weighted by atomic mass is 32.1. The Bertz CT molecular complexity index is 193. The van der Waals surface area contributed by atoms with Crippen LogP contribution in [0.5, 0.6) is 0 Å². The van der Waals surface area contributed by atoms with Crippen LogP contribution in [0.2, 0.25) is 0 Å². The van der Waals surface area contributed by atoms with Crippen LogP contribution in [0.25, 0.3) is 0 Å². The molecule has 12 heavy (non-hydrogen) atoms. The van der Waals surface area contributed by atoms with Crippen LogP contribution in [0, 0.1) is 16.7 Å². The fourth-order valence-electron chi connectivity index (χ4n) is 1.24. The van der Waals surface area contributed by atoms with Crippen molar-refractivity contribution in [1.82, 2.24) is 0 Å². The first kappa shape index (κ1) is 11.6. The molecule has 1 unspecified atom stereocenters. The minimum absolute atomic E-state index is 0.217. The molecule has 0 saturated carbocycles. The summed E-state index contributed by atoms with van der Waals surface area (Å²) in [5.41, 5.74) is 0.217. The lowest BCUT2D eigenvalue weighted by Gasteiger charge is -2.26. The van der Waals surface area contributed by atoms with Crippen molar-refractivity contribution in [2.24, 2.45) is 5.41 Å². The Morgan fingerprint density at radius 2 is 2.25 bits per heavy atom. The van der Waals surface area contributed by atoms with Crippen molar-refractivity contribution in [3.05, 3.63) is 11.5 Å². The van der Waals surface area contributed by atoms with Crippen LogP contribution >= 0.6 is 12.6 Å². The number of nitrogens with zero attached hydrogens (tertiary/aromatic N) is 1. The molecule has 0 aliphatic rings. The first-order chi connectivity index (χ1) is 5.54. The van der Waals surface area contributed by atoms with Gasteiger partial charge in [0.2, 0.25) is 0 Å². The summed E-state index contributed by atoms with van der Waals surface area (Å²) >= 11 is 4.19. The van der Waals surface area contributed by atoms with Crippen LogP contribution < -0.4 is 0 Å². The van der Waals surface area contributed by atoms with E-state index in [2.05, 4.69) is 39.1 Å². The summed E-state index contributed by atoms with van der Waals surface area (Å²) in [6.07, 6.45) is 3.56. The number of rotatable bonds is 5. The molecule has 68 valence electrons. The van der Waals surface area contributed by atoms with Crippen molar-refractivity contribution in [2.45, 2.75) is 39.5 Å². The van der Waals surface area contributed by atoms with Gasteiger partial charge in [-0.2, -0.15) is 5.26 Å². The number of nitriles is 1. The average molecular weight is 183 g/mol. The summed E-state index contributed by atoms with van der Waals surface area (Å²) in [5.74, 6) is 0. The van der Waals surface area contributed by atoms with Crippen LogP contribution in [0.3, 0.4) is 0 Å². The SMILES string of the molecule is C=C(S)CC(C)(CC)CCC#N. The molecule has 0 heterocycles. The molecule has 0 aliphatic heterocycles. The normalized spacial score (nSPS) is 14.8. The molecule has 2 heteroatoms. The molecular formula is C10H17NS. The first-order valence-corrected chi connectivity index (χ1v) is 4.72. The van der Waals surface area contributed by atoms with E-state index in [-0.39, 0.29) is 5.41 Å². The van der Waals surface area contributed by atoms with Gasteiger partial charge >= 0.3 is 0 Å². The topological polar surface area (TPSA) is 23.8 Å². The van der Waals surface area contributed by atoms with Crippen molar-refractivity contribution in [2.75, 3.05) is 0 Å². The second-order valence-electron chi connectivity index (χ2n) is 3.57. The van der Waals surface area contributed by atoms with E-state index in [4.69, 9.17) is 5.26 Å². The second kappa shape index (κ2) is 5.27. The fraction of sp³-hybridized carbons (Fsp3) is 0.700. The molecule has 0 bridgehead atoms. The third kappa shape index (κ3) is 4.46. The van der Waals surface area contributed by atoms with Crippen LogP contribution in [0.4, 0.5) is 0 Å². The predicted octanol–water partition coefficient (Wildman–Crippen LogP) is 3.54. The lowest BCUT2D eigenvalue weighted by atomic mass is 9.80. The lowest BCUT2D eigenvalue weighted by Crippen LogP contribution is -2.14. The van der Waals surface area contributed by atoms with Crippen molar-refractivity contribution in [3.63, 3.8) is 0 Å². The van der Waals surface area contributed by atoms with E-state index in [0.29, 0.717) is 6.42 Å². The van der Waals surface area contributed by atoms with Crippen LogP contribution in [0.1, 0.15) is 39.5 Å². The van der Waals surface area contributed by atoms with E-state index in [0.717, 1.165) is 24.2 Å². The molecule has 0 amide bonds. The minimum atomic E-state index is 0.217. The van der Waals surface area contributed by atoms with Crippen molar-refractivity contribution < 1.29 is 0 Å². The molecule has 0 spiro atoms. The Balaban J connectivity index is 4.06. The summed E-state index contributed by atoms with van der Waals surface area (Å²) in [5, 5.41) is 8.47. The molecule has 0 aromatic heterocycles. The zero-order valence-electron chi connectivity index (χ0n) is 7.93. The molecule has 0 aliphatic carbocycles. The zero-order chi connectivity index (χ0) is 9.61. The first-order valence-electron chi connectivity index (χ1n) is 4.28. The second-order valence-corrected chi connectivity index (χ2v) is 4.20. The van der Waals surface area contributed by atoms with Gasteiger partial charge in [0.15, 0.2) is 0 Å². The highest BCUT2D eigenvalue weighted by molar-refractivity contribution is 7.84. The van der Waals surface area contributed by atoms with Gasteiger partial charge in [-0.1, -0.05) is 26.8 Å². The van der Waals surface area contributed by atoms with Gasteiger partial charge in [-0.3, -0.25) is 0 Å². The van der Waals surface area contributed by atoms with Gasteiger partial charge in [0.25, 0.3) is 0 Å². The van der Waals surface area contributed by atoms with Gasteiger partial charge in [-0.05, 0) is 23.2 Å². The maximum absolute atomic E-state index is 8.47. The Kier molecular flexibility index (Phi) is 5.08.